The molecule has 0 unspecified atom stereocenters. The summed E-state index contributed by atoms with van der Waals surface area (Å²) in [6.45, 7) is 9.86. The van der Waals surface area contributed by atoms with E-state index in [0.29, 0.717) is 0 Å². The third kappa shape index (κ3) is 6.61. The fraction of sp³-hybridized carbons (Fsp3) is 0.529. The highest BCUT2D eigenvalue weighted by Gasteiger charge is 2.06. The molecule has 1 N–H and O–H groups in total. The van der Waals surface area contributed by atoms with Crippen LogP contribution >= 0.6 is 0 Å². The third-order valence-corrected chi connectivity index (χ3v) is 2.77. The predicted octanol–water partition coefficient (Wildman–Crippen LogP) is 4.43. The maximum Gasteiger partial charge on any atom is 0.00966 e. The van der Waals surface area contributed by atoms with Crippen LogP contribution in [0, 0.1) is 0 Å². The predicted molar refractivity (Wildman–Crippen MR) is 81.8 cm³/mol. The van der Waals surface area contributed by atoms with E-state index in [9.17, 15) is 0 Å². The van der Waals surface area contributed by atoms with Crippen molar-refractivity contribution >= 4 is 6.08 Å². The summed E-state index contributed by atoms with van der Waals surface area (Å²) in [5.74, 6) is 0. The van der Waals surface area contributed by atoms with Gasteiger partial charge in [-0.1, -0.05) is 49.8 Å². The van der Waals surface area contributed by atoms with Gasteiger partial charge in [0.25, 0.3) is 0 Å². The van der Waals surface area contributed by atoms with E-state index in [2.05, 4.69) is 69.4 Å². The van der Waals surface area contributed by atoms with Gasteiger partial charge in [0.2, 0.25) is 0 Å². The van der Waals surface area contributed by atoms with E-state index >= 15 is 0 Å². The van der Waals surface area contributed by atoms with Crippen molar-refractivity contribution in [1.82, 2.24) is 5.32 Å². The molecule has 1 aromatic rings. The quantitative estimate of drug-likeness (QED) is 0.731. The summed E-state index contributed by atoms with van der Waals surface area (Å²) in [7, 11) is 0. The molecule has 0 heterocycles. The van der Waals surface area contributed by atoms with Gasteiger partial charge >= 0.3 is 0 Å². The van der Waals surface area contributed by atoms with E-state index in [1.807, 2.05) is 0 Å². The van der Waals surface area contributed by atoms with Crippen LogP contribution in [0.1, 0.15) is 51.7 Å². The molecule has 100 valence electrons. The number of benzene rings is 1. The molecule has 1 nitrogen and oxygen atoms in total. The molecule has 1 rings (SSSR count). The number of rotatable bonds is 6. The van der Waals surface area contributed by atoms with Gasteiger partial charge in [0.1, 0.15) is 0 Å². The van der Waals surface area contributed by atoms with E-state index in [4.69, 9.17) is 0 Å². The van der Waals surface area contributed by atoms with Gasteiger partial charge in [0, 0.05) is 5.54 Å². The second-order valence-corrected chi connectivity index (χ2v) is 5.86. The van der Waals surface area contributed by atoms with Crippen molar-refractivity contribution in [2.24, 2.45) is 0 Å². The van der Waals surface area contributed by atoms with E-state index < -0.39 is 0 Å². The molecule has 0 aromatic heterocycles. The summed E-state index contributed by atoms with van der Waals surface area (Å²) in [6.07, 6.45) is 7.94. The maximum atomic E-state index is 3.49. The second-order valence-electron chi connectivity index (χ2n) is 5.86. The zero-order valence-corrected chi connectivity index (χ0v) is 12.3. The van der Waals surface area contributed by atoms with Crippen LogP contribution in [-0.4, -0.2) is 12.1 Å². The largest absolute Gasteiger partial charge is 0.312 e. The van der Waals surface area contributed by atoms with Crippen LogP contribution in [0.3, 0.4) is 0 Å². The van der Waals surface area contributed by atoms with Crippen molar-refractivity contribution in [1.29, 1.82) is 0 Å². The normalized spacial score (nSPS) is 12.2. The van der Waals surface area contributed by atoms with Gasteiger partial charge in [0.15, 0.2) is 0 Å². The first-order valence-corrected chi connectivity index (χ1v) is 7.02. The summed E-state index contributed by atoms with van der Waals surface area (Å²) in [6, 6.07) is 8.82. The van der Waals surface area contributed by atoms with Gasteiger partial charge in [-0.2, -0.15) is 0 Å². The molecule has 0 aliphatic rings. The molecule has 0 saturated heterocycles. The highest BCUT2D eigenvalue weighted by Crippen LogP contribution is 2.09. The van der Waals surface area contributed by atoms with Gasteiger partial charge in [-0.15, -0.1) is 0 Å². The Kier molecular flexibility index (Phi) is 6.14. The lowest BCUT2D eigenvalue weighted by atomic mass is 10.1. The number of nitrogens with one attached hydrogen (secondary N) is 1. The standard InChI is InChI=1S/C17H27N/c1-5-9-15-11-8-12-16(14-15)10-6-7-13-18-17(2,3)4/h6,8,10-12,14,18H,5,7,9,13H2,1-4H3/b10-6+. The lowest BCUT2D eigenvalue weighted by Gasteiger charge is -2.19. The van der Waals surface area contributed by atoms with Gasteiger partial charge in [-0.3, -0.25) is 0 Å². The van der Waals surface area contributed by atoms with Gasteiger partial charge < -0.3 is 5.32 Å². The Morgan fingerprint density at radius 1 is 1.22 bits per heavy atom. The smallest absolute Gasteiger partial charge is 0.00966 e. The maximum absolute atomic E-state index is 3.49. The average Bonchev–Trinajstić information content (AvgIpc) is 2.28. The van der Waals surface area contributed by atoms with E-state index in [1.165, 1.54) is 24.0 Å². The van der Waals surface area contributed by atoms with Crippen molar-refractivity contribution in [3.63, 3.8) is 0 Å². The molecule has 0 aliphatic carbocycles. The molecule has 0 atom stereocenters. The van der Waals surface area contributed by atoms with Crippen LogP contribution in [0.25, 0.3) is 6.08 Å². The van der Waals surface area contributed by atoms with Gasteiger partial charge in [-0.05, 0) is 51.3 Å². The van der Waals surface area contributed by atoms with E-state index in [1.54, 1.807) is 0 Å². The van der Waals surface area contributed by atoms with Gasteiger partial charge in [0.05, 0.1) is 0 Å². The number of aryl methyl sites for hydroxylation is 1. The van der Waals surface area contributed by atoms with Crippen LogP contribution in [0.2, 0.25) is 0 Å². The SMILES string of the molecule is CCCc1cccc(/C=C/CCNC(C)(C)C)c1. The van der Waals surface area contributed by atoms with E-state index in [-0.39, 0.29) is 5.54 Å². The minimum atomic E-state index is 0.217. The first kappa shape index (κ1) is 15.0. The Morgan fingerprint density at radius 3 is 2.67 bits per heavy atom. The lowest BCUT2D eigenvalue weighted by Crippen LogP contribution is -2.36. The molecule has 18 heavy (non-hydrogen) atoms. The molecule has 1 heteroatoms. The molecule has 0 bridgehead atoms. The van der Waals surface area contributed by atoms with Crippen LogP contribution in [-0.2, 0) is 6.42 Å². The Morgan fingerprint density at radius 2 is 2.00 bits per heavy atom. The fourth-order valence-electron chi connectivity index (χ4n) is 1.89. The first-order valence-electron chi connectivity index (χ1n) is 7.02. The van der Waals surface area contributed by atoms with Crippen LogP contribution in [0.5, 0.6) is 0 Å². The fourth-order valence-corrected chi connectivity index (χ4v) is 1.89. The van der Waals surface area contributed by atoms with E-state index in [0.717, 1.165) is 13.0 Å². The van der Waals surface area contributed by atoms with Crippen molar-refractivity contribution in [3.05, 3.63) is 41.5 Å². The molecular formula is C17H27N. The Labute approximate surface area is 112 Å². The minimum absolute atomic E-state index is 0.217. The molecule has 0 saturated carbocycles. The van der Waals surface area contributed by atoms with Crippen molar-refractivity contribution in [3.8, 4) is 0 Å². The van der Waals surface area contributed by atoms with Crippen LogP contribution < -0.4 is 5.32 Å². The first-order chi connectivity index (χ1) is 8.51. The van der Waals surface area contributed by atoms with Gasteiger partial charge in [-0.25, -0.2) is 0 Å². The Hall–Kier alpha value is -1.08. The summed E-state index contributed by atoms with van der Waals surface area (Å²) < 4.78 is 0. The van der Waals surface area contributed by atoms with Crippen LogP contribution in [0.15, 0.2) is 30.3 Å². The molecular weight excluding hydrogens is 218 g/mol. The summed E-state index contributed by atoms with van der Waals surface area (Å²) in [4.78, 5) is 0. The van der Waals surface area contributed by atoms with Crippen LogP contribution in [0.4, 0.5) is 0 Å². The topological polar surface area (TPSA) is 12.0 Å². The lowest BCUT2D eigenvalue weighted by molar-refractivity contribution is 0.431. The summed E-state index contributed by atoms with van der Waals surface area (Å²) in [5, 5.41) is 3.49. The molecule has 0 spiro atoms. The summed E-state index contributed by atoms with van der Waals surface area (Å²) in [5.41, 5.74) is 2.97. The van der Waals surface area contributed by atoms with Crippen molar-refractivity contribution in [2.45, 2.75) is 52.5 Å². The number of hydrogen-bond acceptors (Lipinski definition) is 1. The Bertz CT molecular complexity index is 371. The zero-order valence-electron chi connectivity index (χ0n) is 12.3. The molecule has 0 radical (unpaired) electrons. The summed E-state index contributed by atoms with van der Waals surface area (Å²) >= 11 is 0. The molecule has 0 amide bonds. The second kappa shape index (κ2) is 7.38. The zero-order chi connectivity index (χ0) is 13.4. The monoisotopic (exact) mass is 245 g/mol. The average molecular weight is 245 g/mol. The molecule has 0 fully saturated rings. The van der Waals surface area contributed by atoms with Crippen molar-refractivity contribution < 1.29 is 0 Å². The highest BCUT2D eigenvalue weighted by atomic mass is 14.9. The molecule has 0 aliphatic heterocycles. The third-order valence-electron chi connectivity index (χ3n) is 2.77. The number of hydrogen-bond donors (Lipinski definition) is 1. The van der Waals surface area contributed by atoms with Crippen molar-refractivity contribution in [2.75, 3.05) is 6.54 Å². The Balaban J connectivity index is 2.39. The molecule has 1 aromatic carbocycles. The highest BCUT2D eigenvalue weighted by molar-refractivity contribution is 5.50. The minimum Gasteiger partial charge on any atom is -0.312 e.